The highest BCUT2D eigenvalue weighted by molar-refractivity contribution is 6.39. The average Bonchev–Trinajstić information content (AvgIpc) is 3.19. The molecule has 2 saturated carbocycles. The predicted octanol–water partition coefficient (Wildman–Crippen LogP) is 7.30. The smallest absolute Gasteiger partial charge is 0.298 e. The largest absolute Gasteiger partial charge is 0.423 e. The van der Waals surface area contributed by atoms with Gasteiger partial charge < -0.3 is 18.6 Å². The molecule has 2 atom stereocenters. The lowest BCUT2D eigenvalue weighted by molar-refractivity contribution is 0.0402. The van der Waals surface area contributed by atoms with Crippen molar-refractivity contribution in [2.24, 2.45) is 11.8 Å². The normalized spacial score (nSPS) is 22.9. The molecule has 2 aliphatic carbocycles. The first-order chi connectivity index (χ1) is 18.4. The molecule has 0 N–H and O–H groups in total. The van der Waals surface area contributed by atoms with E-state index in [1.54, 1.807) is 19.1 Å². The van der Waals surface area contributed by atoms with E-state index >= 15 is 0 Å². The third kappa shape index (κ3) is 4.31. The Bertz CT molecular complexity index is 1510. The Balaban J connectivity index is 1.03. The number of ketones is 1. The summed E-state index contributed by atoms with van der Waals surface area (Å²) in [6.07, 6.45) is 4.36. The highest BCUT2D eigenvalue weighted by Crippen LogP contribution is 2.47. The zero-order valence-corrected chi connectivity index (χ0v) is 22.5. The molecule has 3 aliphatic rings. The first kappa shape index (κ1) is 24.2. The number of aromatic nitrogens is 2. The maximum Gasteiger partial charge on any atom is 0.298 e. The van der Waals surface area contributed by atoms with Gasteiger partial charge in [0.25, 0.3) is 6.01 Å². The molecule has 3 fully saturated rings. The molecule has 2 aromatic carbocycles. The van der Waals surface area contributed by atoms with Crippen LogP contribution in [-0.4, -0.2) is 35.1 Å². The Morgan fingerprint density at radius 3 is 2.53 bits per heavy atom. The Hall–Kier alpha value is -2.87. The lowest BCUT2D eigenvalue weighted by Gasteiger charge is -2.18. The minimum Gasteiger partial charge on any atom is -0.423 e. The first-order valence-corrected chi connectivity index (χ1v) is 13.9. The molecule has 196 valence electrons. The van der Waals surface area contributed by atoms with Crippen LogP contribution in [0.2, 0.25) is 10.0 Å². The second-order valence-corrected chi connectivity index (χ2v) is 11.6. The molecular formula is C29H27Cl2N3O4. The van der Waals surface area contributed by atoms with Crippen molar-refractivity contribution in [3.8, 4) is 11.3 Å². The van der Waals surface area contributed by atoms with Crippen molar-refractivity contribution in [2.45, 2.75) is 51.2 Å². The lowest BCUT2D eigenvalue weighted by atomic mass is 10.0. The molecule has 7 nitrogen and oxygen atoms in total. The monoisotopic (exact) mass is 551 g/mol. The van der Waals surface area contributed by atoms with Crippen molar-refractivity contribution in [3.63, 3.8) is 0 Å². The van der Waals surface area contributed by atoms with Gasteiger partial charge in [0.05, 0.1) is 22.8 Å². The summed E-state index contributed by atoms with van der Waals surface area (Å²) in [7, 11) is 0. The summed E-state index contributed by atoms with van der Waals surface area (Å²) in [6, 6.07) is 11.5. The number of carbonyl (C=O) groups is 1. The van der Waals surface area contributed by atoms with Gasteiger partial charge in [-0.2, -0.15) is 4.98 Å². The Labute approximate surface area is 230 Å². The summed E-state index contributed by atoms with van der Waals surface area (Å²) in [5.74, 6) is 2.36. The number of hydrogen-bond acceptors (Lipinski definition) is 7. The third-order valence-electron chi connectivity index (χ3n) is 8.19. The van der Waals surface area contributed by atoms with Crippen LogP contribution < -0.4 is 4.90 Å². The number of oxazole rings is 1. The van der Waals surface area contributed by atoms with Gasteiger partial charge in [-0.15, -0.1) is 0 Å². The molecule has 4 aromatic rings. The summed E-state index contributed by atoms with van der Waals surface area (Å²) in [5.41, 5.74) is 4.43. The number of carbonyl (C=O) groups excluding carboxylic acids is 1. The Morgan fingerprint density at radius 1 is 1.11 bits per heavy atom. The van der Waals surface area contributed by atoms with Gasteiger partial charge in [-0.25, -0.2) is 0 Å². The minimum absolute atomic E-state index is 0.0177. The number of nitrogens with zero attached hydrogens (tertiary/aromatic N) is 3. The van der Waals surface area contributed by atoms with Crippen LogP contribution in [0, 0.1) is 11.8 Å². The van der Waals surface area contributed by atoms with Crippen molar-refractivity contribution in [3.05, 3.63) is 63.3 Å². The van der Waals surface area contributed by atoms with Gasteiger partial charge in [0.1, 0.15) is 17.0 Å². The van der Waals surface area contributed by atoms with Gasteiger partial charge >= 0.3 is 0 Å². The van der Waals surface area contributed by atoms with Crippen molar-refractivity contribution in [1.29, 1.82) is 0 Å². The van der Waals surface area contributed by atoms with Gasteiger partial charge in [0, 0.05) is 35.7 Å². The fourth-order valence-electron chi connectivity index (χ4n) is 6.05. The predicted molar refractivity (Wildman–Crippen MR) is 145 cm³/mol. The van der Waals surface area contributed by atoms with E-state index in [0.29, 0.717) is 62.8 Å². The second kappa shape index (κ2) is 9.40. The van der Waals surface area contributed by atoms with Crippen LogP contribution in [0.5, 0.6) is 0 Å². The van der Waals surface area contributed by atoms with E-state index in [2.05, 4.69) is 15.0 Å². The van der Waals surface area contributed by atoms with Crippen LogP contribution in [0.15, 0.2) is 45.3 Å². The van der Waals surface area contributed by atoms with Gasteiger partial charge in [-0.3, -0.25) is 4.79 Å². The number of anilines is 1. The number of fused-ring (bicyclic) bond motifs is 2. The quantitative estimate of drug-likeness (QED) is 0.223. The zero-order valence-electron chi connectivity index (χ0n) is 21.0. The number of hydrogen-bond donors (Lipinski definition) is 0. The van der Waals surface area contributed by atoms with Crippen LogP contribution in [0.25, 0.3) is 22.4 Å². The molecule has 9 heteroatoms. The fraction of sp³-hybridized carbons (Fsp3) is 0.414. The maximum atomic E-state index is 11.7. The number of halogens is 2. The first-order valence-electron chi connectivity index (χ1n) is 13.2. The maximum absolute atomic E-state index is 11.7. The standard InChI is InChI=1S/C29H27Cl2N3O4/c1-15(35)17-7-8-24-25(11-17)37-29(32-24)34-12-18-9-20(10-19(18)13-34)36-14-21-27(33-38-28(21)16-5-6-16)26-22(30)3-2-4-23(26)31/h2-4,7-8,11,16,18-20H,5-6,9-10,12-14H2,1H3. The van der Waals surface area contributed by atoms with Gasteiger partial charge in [0.15, 0.2) is 11.4 Å². The van der Waals surface area contributed by atoms with E-state index in [4.69, 9.17) is 36.9 Å². The van der Waals surface area contributed by atoms with Gasteiger partial charge in [-0.05, 0) is 74.8 Å². The Morgan fingerprint density at radius 2 is 1.84 bits per heavy atom. The van der Waals surface area contributed by atoms with E-state index in [1.807, 2.05) is 24.3 Å². The van der Waals surface area contributed by atoms with E-state index in [1.165, 1.54) is 0 Å². The number of rotatable bonds is 7. The summed E-state index contributed by atoms with van der Waals surface area (Å²) in [4.78, 5) is 18.6. The van der Waals surface area contributed by atoms with E-state index < -0.39 is 0 Å². The van der Waals surface area contributed by atoms with E-state index in [-0.39, 0.29) is 11.9 Å². The highest BCUT2D eigenvalue weighted by Gasteiger charge is 2.43. The molecule has 7 rings (SSSR count). The second-order valence-electron chi connectivity index (χ2n) is 10.8. The molecule has 1 aliphatic heterocycles. The molecular weight excluding hydrogens is 525 g/mol. The zero-order chi connectivity index (χ0) is 26.0. The van der Waals surface area contributed by atoms with Crippen LogP contribution in [0.3, 0.4) is 0 Å². The summed E-state index contributed by atoms with van der Waals surface area (Å²) < 4.78 is 18.3. The van der Waals surface area contributed by atoms with Crippen LogP contribution >= 0.6 is 23.2 Å². The molecule has 0 amide bonds. The highest BCUT2D eigenvalue weighted by atomic mass is 35.5. The summed E-state index contributed by atoms with van der Waals surface area (Å²) >= 11 is 13.0. The summed E-state index contributed by atoms with van der Waals surface area (Å²) in [5, 5.41) is 5.50. The number of ether oxygens (including phenoxy) is 1. The third-order valence-corrected chi connectivity index (χ3v) is 8.82. The number of benzene rings is 2. The summed E-state index contributed by atoms with van der Waals surface area (Å²) in [6.45, 7) is 3.76. The van der Waals surface area contributed by atoms with Crippen LogP contribution in [0.4, 0.5) is 6.01 Å². The molecule has 3 heterocycles. The molecule has 0 spiro atoms. The molecule has 2 unspecified atom stereocenters. The van der Waals surface area contributed by atoms with Gasteiger partial charge in [0.2, 0.25) is 0 Å². The average molecular weight is 552 g/mol. The van der Waals surface area contributed by atoms with Crippen molar-refractivity contribution >= 4 is 46.1 Å². The minimum atomic E-state index is 0.0177. The van der Waals surface area contributed by atoms with Crippen LogP contribution in [-0.2, 0) is 11.3 Å². The van der Waals surface area contributed by atoms with Crippen molar-refractivity contribution < 1.29 is 18.5 Å². The van der Waals surface area contributed by atoms with Crippen molar-refractivity contribution in [2.75, 3.05) is 18.0 Å². The SMILES string of the molecule is CC(=O)c1ccc2nc(N3CC4CC(OCc5c(-c6c(Cl)cccc6Cl)noc5C5CC5)CC4C3)oc2c1. The fourth-order valence-corrected chi connectivity index (χ4v) is 6.63. The Kier molecular flexibility index (Phi) is 5.98. The topological polar surface area (TPSA) is 81.6 Å². The molecule has 0 bridgehead atoms. The molecule has 1 saturated heterocycles. The molecule has 0 radical (unpaired) electrons. The molecule has 2 aromatic heterocycles. The van der Waals surface area contributed by atoms with Gasteiger partial charge in [-0.1, -0.05) is 34.4 Å². The van der Waals surface area contributed by atoms with E-state index in [0.717, 1.165) is 55.6 Å². The number of Topliss-reactive ketones (excluding diaryl/α,β-unsaturated/α-hetero) is 1. The van der Waals surface area contributed by atoms with Crippen LogP contribution in [0.1, 0.15) is 60.2 Å². The molecule has 38 heavy (non-hydrogen) atoms. The lowest BCUT2D eigenvalue weighted by Crippen LogP contribution is -2.23. The van der Waals surface area contributed by atoms with E-state index in [9.17, 15) is 4.79 Å². The van der Waals surface area contributed by atoms with Crippen molar-refractivity contribution in [1.82, 2.24) is 10.1 Å².